The molecule has 3 aromatic heterocycles. The Kier molecular flexibility index (Phi) is 5.85. The maximum absolute atomic E-state index is 11.9. The number of aromatic amines is 1. The molecule has 1 aliphatic heterocycles. The summed E-state index contributed by atoms with van der Waals surface area (Å²) in [6, 6.07) is 2.21. The van der Waals surface area contributed by atoms with Gasteiger partial charge >= 0.3 is 0 Å². The Hall–Kier alpha value is -3.47. The van der Waals surface area contributed by atoms with E-state index in [2.05, 4.69) is 32.0 Å². The van der Waals surface area contributed by atoms with Gasteiger partial charge in [0, 0.05) is 55.1 Å². The Labute approximate surface area is 181 Å². The number of likely N-dealkylation sites (tertiary alicyclic amines) is 1. The van der Waals surface area contributed by atoms with Gasteiger partial charge in [0.05, 0.1) is 12.3 Å². The average molecular weight is 418 g/mol. The van der Waals surface area contributed by atoms with Crippen LogP contribution in [0.15, 0.2) is 24.7 Å². The van der Waals surface area contributed by atoms with E-state index in [-0.39, 0.29) is 11.9 Å². The van der Waals surface area contributed by atoms with Crippen molar-refractivity contribution in [3.05, 3.63) is 41.6 Å². The van der Waals surface area contributed by atoms with Crippen molar-refractivity contribution in [2.75, 3.05) is 18.4 Å². The lowest BCUT2D eigenvalue weighted by molar-refractivity contribution is -0.132. The Morgan fingerprint density at radius 1 is 1.35 bits per heavy atom. The molecule has 0 bridgehead atoms. The van der Waals surface area contributed by atoms with Crippen LogP contribution in [0.1, 0.15) is 38.7 Å². The molecule has 1 saturated heterocycles. The quantitative estimate of drug-likeness (QED) is 0.603. The number of H-pyrrole nitrogens is 1. The first-order chi connectivity index (χ1) is 15.0. The zero-order chi connectivity index (χ0) is 22.0. The van der Waals surface area contributed by atoms with Crippen LogP contribution in [0.4, 0.5) is 11.6 Å². The van der Waals surface area contributed by atoms with Crippen molar-refractivity contribution in [3.63, 3.8) is 0 Å². The SMILES string of the molecule is [C-]#[N+]c1cnc(NC(C)C2CCN(C(=O)CC)CC2)nc1-c1c[nH]c2ncc(C)cc12. The highest BCUT2D eigenvalue weighted by atomic mass is 16.2. The summed E-state index contributed by atoms with van der Waals surface area (Å²) in [4.78, 5) is 34.2. The van der Waals surface area contributed by atoms with Crippen molar-refractivity contribution in [2.45, 2.75) is 46.1 Å². The maximum Gasteiger partial charge on any atom is 0.231 e. The van der Waals surface area contributed by atoms with Gasteiger partial charge in [0.15, 0.2) is 0 Å². The van der Waals surface area contributed by atoms with E-state index in [0.717, 1.165) is 48.1 Å². The van der Waals surface area contributed by atoms with Crippen molar-refractivity contribution in [2.24, 2.45) is 5.92 Å². The van der Waals surface area contributed by atoms with E-state index in [4.69, 9.17) is 11.6 Å². The fourth-order valence-electron chi connectivity index (χ4n) is 4.22. The number of nitrogens with zero attached hydrogens (tertiary/aromatic N) is 5. The number of carbonyl (C=O) groups excluding carboxylic acids is 1. The summed E-state index contributed by atoms with van der Waals surface area (Å²) in [6.07, 6.45) is 7.72. The zero-order valence-corrected chi connectivity index (χ0v) is 18.1. The van der Waals surface area contributed by atoms with Crippen LogP contribution in [-0.4, -0.2) is 49.9 Å². The summed E-state index contributed by atoms with van der Waals surface area (Å²) >= 11 is 0. The van der Waals surface area contributed by atoms with Crippen molar-refractivity contribution in [1.82, 2.24) is 24.8 Å². The van der Waals surface area contributed by atoms with Gasteiger partial charge in [0.2, 0.25) is 17.5 Å². The van der Waals surface area contributed by atoms with E-state index in [1.807, 2.05) is 37.2 Å². The number of carbonyl (C=O) groups is 1. The summed E-state index contributed by atoms with van der Waals surface area (Å²) < 4.78 is 0. The fourth-order valence-corrected chi connectivity index (χ4v) is 4.22. The number of amides is 1. The van der Waals surface area contributed by atoms with Crippen LogP contribution in [0.3, 0.4) is 0 Å². The minimum Gasteiger partial charge on any atom is -0.352 e. The van der Waals surface area contributed by atoms with Gasteiger partial charge in [-0.05, 0) is 44.2 Å². The van der Waals surface area contributed by atoms with Gasteiger partial charge in [0.25, 0.3) is 0 Å². The normalized spacial score (nSPS) is 15.6. The number of anilines is 1. The number of fused-ring (bicyclic) bond motifs is 1. The molecule has 1 unspecified atom stereocenters. The van der Waals surface area contributed by atoms with Gasteiger partial charge < -0.3 is 15.2 Å². The predicted molar refractivity (Wildman–Crippen MR) is 121 cm³/mol. The largest absolute Gasteiger partial charge is 0.352 e. The highest BCUT2D eigenvalue weighted by Crippen LogP contribution is 2.34. The molecule has 31 heavy (non-hydrogen) atoms. The molecule has 1 fully saturated rings. The van der Waals surface area contributed by atoms with E-state index in [1.54, 1.807) is 6.20 Å². The van der Waals surface area contributed by atoms with Crippen molar-refractivity contribution >= 4 is 28.6 Å². The molecule has 0 spiro atoms. The fraction of sp³-hybridized carbons (Fsp3) is 0.435. The summed E-state index contributed by atoms with van der Waals surface area (Å²) in [7, 11) is 0. The minimum atomic E-state index is 0.164. The first-order valence-corrected chi connectivity index (χ1v) is 10.7. The summed E-state index contributed by atoms with van der Waals surface area (Å²) in [6.45, 7) is 15.2. The third kappa shape index (κ3) is 4.22. The molecular formula is C23H27N7O. The monoisotopic (exact) mass is 417 g/mol. The number of hydrogen-bond donors (Lipinski definition) is 2. The molecule has 1 amide bonds. The summed E-state index contributed by atoms with van der Waals surface area (Å²) in [5.74, 6) is 1.18. The van der Waals surface area contributed by atoms with Gasteiger partial charge in [-0.2, -0.15) is 0 Å². The average Bonchev–Trinajstić information content (AvgIpc) is 3.21. The Morgan fingerprint density at radius 3 is 2.84 bits per heavy atom. The number of nitrogens with one attached hydrogen (secondary N) is 2. The smallest absolute Gasteiger partial charge is 0.231 e. The molecule has 4 rings (SSSR count). The molecule has 0 aromatic carbocycles. The Balaban J connectivity index is 1.55. The number of hydrogen-bond acceptors (Lipinski definition) is 5. The van der Waals surface area contributed by atoms with E-state index >= 15 is 0 Å². The lowest BCUT2D eigenvalue weighted by atomic mass is 9.90. The third-order valence-corrected chi connectivity index (χ3v) is 6.07. The molecule has 0 saturated carbocycles. The standard InChI is InChI=1S/C23H27N7O/c1-5-20(31)30-8-6-16(7-9-30)15(3)28-23-27-13-19(24-4)21(29-23)18-12-26-22-17(18)10-14(2)11-25-22/h10-13,15-16H,5-9H2,1-3H3,(H,25,26)(H,27,28,29). The minimum absolute atomic E-state index is 0.164. The molecule has 2 N–H and O–H groups in total. The highest BCUT2D eigenvalue weighted by Gasteiger charge is 2.26. The van der Waals surface area contributed by atoms with Crippen molar-refractivity contribution < 1.29 is 4.79 Å². The molecule has 0 radical (unpaired) electrons. The van der Waals surface area contributed by atoms with Gasteiger partial charge in [-0.25, -0.2) is 19.8 Å². The molecule has 8 heteroatoms. The van der Waals surface area contributed by atoms with E-state index in [9.17, 15) is 4.79 Å². The number of pyridine rings is 1. The lowest BCUT2D eigenvalue weighted by Gasteiger charge is -2.35. The molecule has 8 nitrogen and oxygen atoms in total. The molecule has 160 valence electrons. The first kappa shape index (κ1) is 20.8. The van der Waals surface area contributed by atoms with Crippen molar-refractivity contribution in [1.29, 1.82) is 0 Å². The Bertz CT molecular complexity index is 1140. The van der Waals surface area contributed by atoms with Crippen LogP contribution in [0.5, 0.6) is 0 Å². The van der Waals surface area contributed by atoms with Gasteiger partial charge in [-0.3, -0.25) is 4.79 Å². The molecule has 1 atom stereocenters. The van der Waals surface area contributed by atoms with Crippen LogP contribution in [0.2, 0.25) is 0 Å². The van der Waals surface area contributed by atoms with Crippen LogP contribution in [0, 0.1) is 19.4 Å². The second-order valence-electron chi connectivity index (χ2n) is 8.16. The van der Waals surface area contributed by atoms with E-state index in [0.29, 0.717) is 29.7 Å². The molecule has 4 heterocycles. The van der Waals surface area contributed by atoms with Gasteiger partial charge in [-0.1, -0.05) is 6.92 Å². The summed E-state index contributed by atoms with van der Waals surface area (Å²) in [5, 5.41) is 4.37. The topological polar surface area (TPSA) is 91.2 Å². The first-order valence-electron chi connectivity index (χ1n) is 10.7. The maximum atomic E-state index is 11.9. The van der Waals surface area contributed by atoms with Crippen molar-refractivity contribution in [3.8, 4) is 11.3 Å². The van der Waals surface area contributed by atoms with E-state index in [1.165, 1.54) is 0 Å². The number of aryl methyl sites for hydroxylation is 1. The summed E-state index contributed by atoms with van der Waals surface area (Å²) in [5.41, 5.74) is 3.67. The Morgan fingerprint density at radius 2 is 2.13 bits per heavy atom. The zero-order valence-electron chi connectivity index (χ0n) is 18.1. The van der Waals surface area contributed by atoms with Crippen LogP contribution in [0.25, 0.3) is 27.1 Å². The number of piperidine rings is 1. The van der Waals surface area contributed by atoms with Gasteiger partial charge in [-0.15, -0.1) is 0 Å². The molecule has 1 aliphatic rings. The third-order valence-electron chi connectivity index (χ3n) is 6.07. The number of aromatic nitrogens is 4. The highest BCUT2D eigenvalue weighted by molar-refractivity contribution is 5.96. The van der Waals surface area contributed by atoms with Crippen LogP contribution in [-0.2, 0) is 4.79 Å². The second kappa shape index (κ2) is 8.72. The second-order valence-corrected chi connectivity index (χ2v) is 8.16. The molecular weight excluding hydrogens is 390 g/mol. The van der Waals surface area contributed by atoms with Crippen LogP contribution >= 0.6 is 0 Å². The lowest BCUT2D eigenvalue weighted by Crippen LogP contribution is -2.42. The van der Waals surface area contributed by atoms with Gasteiger partial charge in [0.1, 0.15) is 5.65 Å². The molecule has 3 aromatic rings. The van der Waals surface area contributed by atoms with Crippen LogP contribution < -0.4 is 5.32 Å². The van der Waals surface area contributed by atoms with E-state index < -0.39 is 0 Å². The predicted octanol–water partition coefficient (Wildman–Crippen LogP) is 4.33. The number of rotatable bonds is 5. The molecule has 0 aliphatic carbocycles.